The lowest BCUT2D eigenvalue weighted by Gasteiger charge is -2.21. The van der Waals surface area contributed by atoms with E-state index < -0.39 is 4.75 Å². The van der Waals surface area contributed by atoms with Crippen LogP contribution in [0.1, 0.15) is 20.8 Å². The normalized spacial score (nSPS) is 10.9. The van der Waals surface area contributed by atoms with E-state index in [0.29, 0.717) is 6.61 Å². The maximum Gasteiger partial charge on any atom is 0.321 e. The molecule has 1 rings (SSSR count). The lowest BCUT2D eigenvalue weighted by molar-refractivity contribution is -0.145. The van der Waals surface area contributed by atoms with Crippen LogP contribution in [0.4, 0.5) is 5.69 Å². The Labute approximate surface area is 117 Å². The number of thioether (sulfide) groups is 1. The third kappa shape index (κ3) is 5.34. The molecule has 0 aliphatic rings. The molecule has 4 nitrogen and oxygen atoms in total. The predicted octanol–water partition coefficient (Wildman–Crippen LogP) is 2.70. The molecule has 0 spiro atoms. The summed E-state index contributed by atoms with van der Waals surface area (Å²) in [6.45, 7) is 5.62. The fourth-order valence-electron chi connectivity index (χ4n) is 1.33. The fraction of sp³-hybridized carbons (Fsp3) is 0.429. The van der Waals surface area contributed by atoms with Gasteiger partial charge in [-0.3, -0.25) is 9.59 Å². The summed E-state index contributed by atoms with van der Waals surface area (Å²) in [6.07, 6.45) is 0. The van der Waals surface area contributed by atoms with Crippen molar-refractivity contribution < 1.29 is 14.3 Å². The molecule has 0 saturated carbocycles. The van der Waals surface area contributed by atoms with E-state index in [0.717, 1.165) is 5.69 Å². The van der Waals surface area contributed by atoms with Crippen molar-refractivity contribution >= 4 is 29.3 Å². The molecule has 0 atom stereocenters. The molecular formula is C14H19NO3S. The zero-order chi connectivity index (χ0) is 14.3. The first-order valence-corrected chi connectivity index (χ1v) is 7.10. The summed E-state index contributed by atoms with van der Waals surface area (Å²) in [4.78, 5) is 23.4. The van der Waals surface area contributed by atoms with Crippen LogP contribution in [0.5, 0.6) is 0 Å². The number of amides is 1. The Balaban J connectivity index is 2.44. The van der Waals surface area contributed by atoms with E-state index >= 15 is 0 Å². The maximum atomic E-state index is 11.8. The third-order valence-electron chi connectivity index (χ3n) is 2.39. The molecule has 0 saturated heterocycles. The molecule has 1 aromatic carbocycles. The summed E-state index contributed by atoms with van der Waals surface area (Å²) in [5, 5.41) is 2.77. The monoisotopic (exact) mass is 281 g/mol. The number of nitrogens with one attached hydrogen (secondary N) is 1. The van der Waals surface area contributed by atoms with E-state index in [1.807, 2.05) is 30.3 Å². The van der Waals surface area contributed by atoms with Crippen LogP contribution in [0.2, 0.25) is 0 Å². The predicted molar refractivity (Wildman–Crippen MR) is 78.2 cm³/mol. The summed E-state index contributed by atoms with van der Waals surface area (Å²) in [6, 6.07) is 9.23. The second kappa shape index (κ2) is 7.19. The second-order valence-electron chi connectivity index (χ2n) is 4.43. The van der Waals surface area contributed by atoms with E-state index in [-0.39, 0.29) is 17.6 Å². The summed E-state index contributed by atoms with van der Waals surface area (Å²) >= 11 is 1.27. The standard InChI is InChI=1S/C14H19NO3S/c1-4-18-13(17)14(2,3)19-10-12(16)15-11-8-6-5-7-9-11/h5-9H,4,10H2,1-3H3,(H,15,16). The van der Waals surface area contributed by atoms with Gasteiger partial charge in [0.05, 0.1) is 12.4 Å². The summed E-state index contributed by atoms with van der Waals surface area (Å²) in [5.41, 5.74) is 0.752. The van der Waals surface area contributed by atoms with E-state index in [1.54, 1.807) is 20.8 Å². The number of rotatable bonds is 6. The van der Waals surface area contributed by atoms with Crippen molar-refractivity contribution in [1.82, 2.24) is 0 Å². The van der Waals surface area contributed by atoms with E-state index in [9.17, 15) is 9.59 Å². The van der Waals surface area contributed by atoms with Gasteiger partial charge in [-0.1, -0.05) is 18.2 Å². The van der Waals surface area contributed by atoms with Gasteiger partial charge in [0.15, 0.2) is 0 Å². The SMILES string of the molecule is CCOC(=O)C(C)(C)SCC(=O)Nc1ccccc1. The van der Waals surface area contributed by atoms with E-state index in [2.05, 4.69) is 5.32 Å². The van der Waals surface area contributed by atoms with Gasteiger partial charge in [-0.05, 0) is 32.9 Å². The first-order chi connectivity index (χ1) is 8.95. The van der Waals surface area contributed by atoms with Crippen LogP contribution in [0.3, 0.4) is 0 Å². The molecule has 0 fully saturated rings. The lowest BCUT2D eigenvalue weighted by Crippen LogP contribution is -2.32. The largest absolute Gasteiger partial charge is 0.465 e. The Kier molecular flexibility index (Phi) is 5.89. The molecular weight excluding hydrogens is 262 g/mol. The van der Waals surface area contributed by atoms with E-state index in [4.69, 9.17) is 4.74 Å². The molecule has 0 aromatic heterocycles. The molecule has 5 heteroatoms. The number of carbonyl (C=O) groups excluding carboxylic acids is 2. The zero-order valence-electron chi connectivity index (χ0n) is 11.4. The van der Waals surface area contributed by atoms with Gasteiger partial charge in [0.25, 0.3) is 0 Å². The minimum atomic E-state index is -0.718. The molecule has 1 N–H and O–H groups in total. The third-order valence-corrected chi connectivity index (χ3v) is 3.68. The number of para-hydroxylation sites is 1. The van der Waals surface area contributed by atoms with Crippen LogP contribution < -0.4 is 5.32 Å². The molecule has 0 heterocycles. The Morgan fingerprint density at radius 1 is 1.26 bits per heavy atom. The van der Waals surface area contributed by atoms with Crippen LogP contribution in [0.15, 0.2) is 30.3 Å². The quantitative estimate of drug-likeness (QED) is 0.815. The van der Waals surface area contributed by atoms with Crippen LogP contribution in [-0.2, 0) is 14.3 Å². The molecule has 0 unspecified atom stereocenters. The first kappa shape index (κ1) is 15.6. The van der Waals surface area contributed by atoms with E-state index in [1.165, 1.54) is 11.8 Å². The number of carbonyl (C=O) groups is 2. The van der Waals surface area contributed by atoms with Gasteiger partial charge < -0.3 is 10.1 Å². The average Bonchev–Trinajstić information content (AvgIpc) is 2.38. The van der Waals surface area contributed by atoms with Gasteiger partial charge >= 0.3 is 5.97 Å². The highest BCUT2D eigenvalue weighted by molar-refractivity contribution is 8.02. The van der Waals surface area contributed by atoms with Gasteiger partial charge in [0.2, 0.25) is 5.91 Å². The number of ether oxygens (including phenoxy) is 1. The Bertz CT molecular complexity index is 432. The van der Waals surface area contributed by atoms with Crippen molar-refractivity contribution in [1.29, 1.82) is 0 Å². The summed E-state index contributed by atoms with van der Waals surface area (Å²) in [5.74, 6) is -0.221. The maximum absolute atomic E-state index is 11.8. The zero-order valence-corrected chi connectivity index (χ0v) is 12.3. The second-order valence-corrected chi connectivity index (χ2v) is 6.03. The summed E-state index contributed by atoms with van der Waals surface area (Å²) in [7, 11) is 0. The van der Waals surface area contributed by atoms with Crippen molar-refractivity contribution in [3.8, 4) is 0 Å². The highest BCUT2D eigenvalue weighted by Gasteiger charge is 2.30. The number of anilines is 1. The van der Waals surface area contributed by atoms with Crippen molar-refractivity contribution in [3.05, 3.63) is 30.3 Å². The number of esters is 1. The average molecular weight is 281 g/mol. The molecule has 19 heavy (non-hydrogen) atoms. The molecule has 1 aromatic rings. The highest BCUT2D eigenvalue weighted by atomic mass is 32.2. The minimum Gasteiger partial charge on any atom is -0.465 e. The Morgan fingerprint density at radius 3 is 2.47 bits per heavy atom. The topological polar surface area (TPSA) is 55.4 Å². The number of hydrogen-bond acceptors (Lipinski definition) is 4. The van der Waals surface area contributed by atoms with Crippen molar-refractivity contribution in [2.45, 2.75) is 25.5 Å². The first-order valence-electron chi connectivity index (χ1n) is 6.12. The summed E-state index contributed by atoms with van der Waals surface area (Å²) < 4.78 is 4.25. The van der Waals surface area contributed by atoms with Gasteiger partial charge in [-0.15, -0.1) is 11.8 Å². The highest BCUT2D eigenvalue weighted by Crippen LogP contribution is 2.26. The molecule has 0 aliphatic heterocycles. The van der Waals surface area contributed by atoms with Crippen LogP contribution in [0, 0.1) is 0 Å². The molecule has 104 valence electrons. The Morgan fingerprint density at radius 2 is 1.89 bits per heavy atom. The number of benzene rings is 1. The van der Waals surface area contributed by atoms with Crippen LogP contribution in [-0.4, -0.2) is 29.0 Å². The van der Waals surface area contributed by atoms with Crippen molar-refractivity contribution in [2.75, 3.05) is 17.7 Å². The minimum absolute atomic E-state index is 0.131. The number of hydrogen-bond donors (Lipinski definition) is 1. The fourth-order valence-corrected chi connectivity index (χ4v) is 2.07. The van der Waals surface area contributed by atoms with Gasteiger partial charge in [0.1, 0.15) is 4.75 Å². The molecule has 0 radical (unpaired) electrons. The molecule has 0 aliphatic carbocycles. The van der Waals surface area contributed by atoms with Gasteiger partial charge in [-0.2, -0.15) is 0 Å². The van der Waals surface area contributed by atoms with Gasteiger partial charge in [0, 0.05) is 5.69 Å². The lowest BCUT2D eigenvalue weighted by atomic mass is 10.2. The molecule has 1 amide bonds. The van der Waals surface area contributed by atoms with Crippen LogP contribution in [0.25, 0.3) is 0 Å². The molecule has 0 bridgehead atoms. The van der Waals surface area contributed by atoms with Crippen LogP contribution >= 0.6 is 11.8 Å². The van der Waals surface area contributed by atoms with Crippen molar-refractivity contribution in [2.24, 2.45) is 0 Å². The smallest absolute Gasteiger partial charge is 0.321 e. The van der Waals surface area contributed by atoms with Gasteiger partial charge in [-0.25, -0.2) is 0 Å². The Hall–Kier alpha value is -1.49. The van der Waals surface area contributed by atoms with Crippen molar-refractivity contribution in [3.63, 3.8) is 0 Å².